The minimum absolute atomic E-state index is 0. The monoisotopic (exact) mass is 120 g/mol. The Kier molecular flexibility index (Phi) is 14.1. The minimum atomic E-state index is 0. The van der Waals surface area contributed by atoms with Gasteiger partial charge in [0.05, 0.1) is 0 Å². The fourth-order valence-electron chi connectivity index (χ4n) is 0.236. The molecule has 0 aromatic heterocycles. The summed E-state index contributed by atoms with van der Waals surface area (Å²) in [4.78, 5) is 0. The van der Waals surface area contributed by atoms with Crippen LogP contribution < -0.4 is 12.4 Å². The molecule has 0 aliphatic rings. The summed E-state index contributed by atoms with van der Waals surface area (Å²) in [5.74, 6) is 0. The van der Waals surface area contributed by atoms with E-state index in [1.807, 2.05) is 6.92 Å². The average molecular weight is 120 g/mol. The van der Waals surface area contributed by atoms with Crippen molar-refractivity contribution in [1.29, 1.82) is 0 Å². The Morgan fingerprint density at radius 1 is 1.43 bits per heavy atom. The molecule has 0 rings (SSSR count). The predicted octanol–water partition coefficient (Wildman–Crippen LogP) is -1.92. The number of halogens is 1. The summed E-state index contributed by atoms with van der Waals surface area (Å²) < 4.78 is 4.86. The van der Waals surface area contributed by atoms with Gasteiger partial charge in [0.2, 0.25) is 0 Å². The first-order valence-corrected chi connectivity index (χ1v) is 2.35. The predicted molar refractivity (Wildman–Crippen MR) is 27.9 cm³/mol. The van der Waals surface area contributed by atoms with Crippen LogP contribution in [-0.2, 0) is 4.65 Å². The number of hydrogen-bond acceptors (Lipinski definition) is 1. The first kappa shape index (κ1) is 10.3. The summed E-state index contributed by atoms with van der Waals surface area (Å²) in [6.07, 6.45) is 1.01. The van der Waals surface area contributed by atoms with Crippen molar-refractivity contribution in [2.24, 2.45) is 0 Å². The molecule has 0 amide bonds. The van der Waals surface area contributed by atoms with Crippen LogP contribution in [0.2, 0.25) is 6.32 Å². The van der Waals surface area contributed by atoms with Crippen LogP contribution in [0, 0.1) is 0 Å². The van der Waals surface area contributed by atoms with E-state index in [1.165, 1.54) is 0 Å². The molecular weight excluding hydrogens is 110 g/mol. The van der Waals surface area contributed by atoms with Gasteiger partial charge in [-0.05, 0) is 0 Å². The molecule has 0 aromatic rings. The largest absolute Gasteiger partial charge is 1.00 e. The molecule has 0 bridgehead atoms. The van der Waals surface area contributed by atoms with E-state index >= 15 is 0 Å². The fourth-order valence-corrected chi connectivity index (χ4v) is 0.236. The quantitative estimate of drug-likeness (QED) is 0.312. The molecule has 0 radical (unpaired) electrons. The zero-order valence-electron chi connectivity index (χ0n) is 4.78. The van der Waals surface area contributed by atoms with Crippen LogP contribution in [0.5, 0.6) is 0 Å². The van der Waals surface area contributed by atoms with Crippen LogP contribution in [0.1, 0.15) is 13.8 Å². The molecule has 0 N–H and O–H groups in total. The zero-order valence-corrected chi connectivity index (χ0v) is 5.53. The van der Waals surface area contributed by atoms with E-state index in [0.717, 1.165) is 12.9 Å². The Morgan fingerprint density at radius 2 is 2.00 bits per heavy atom. The topological polar surface area (TPSA) is 9.23 Å². The Hall–Kier alpha value is 0.315. The molecule has 0 aliphatic heterocycles. The molecule has 0 saturated carbocycles. The maximum Gasteiger partial charge on any atom is -1.00 e. The van der Waals surface area contributed by atoms with E-state index in [0.29, 0.717) is 0 Å². The molecule has 1 nitrogen and oxygen atoms in total. The molecule has 0 saturated heterocycles. The molecule has 42 valence electrons. The minimum Gasteiger partial charge on any atom is -1.00 e. The summed E-state index contributed by atoms with van der Waals surface area (Å²) >= 11 is 0. The van der Waals surface area contributed by atoms with Crippen LogP contribution >= 0.6 is 0 Å². The Morgan fingerprint density at radius 3 is 2.14 bits per heavy atom. The van der Waals surface area contributed by atoms with Gasteiger partial charge in [0, 0.05) is 0 Å². The summed E-state index contributed by atoms with van der Waals surface area (Å²) in [6.45, 7) is 4.83. The van der Waals surface area contributed by atoms with E-state index in [1.54, 1.807) is 7.48 Å². The second kappa shape index (κ2) is 9.58. The van der Waals surface area contributed by atoms with Gasteiger partial charge in [0.15, 0.2) is 0 Å². The Bertz CT molecular complexity index is 23.7. The van der Waals surface area contributed by atoms with Gasteiger partial charge in [-0.2, -0.15) is 0 Å². The summed E-state index contributed by atoms with van der Waals surface area (Å²) in [6, 6.07) is 0. The van der Waals surface area contributed by atoms with Crippen LogP contribution in [0.3, 0.4) is 0 Å². The van der Waals surface area contributed by atoms with E-state index in [9.17, 15) is 0 Å². The van der Waals surface area contributed by atoms with Gasteiger partial charge in [0.25, 0.3) is 0 Å². The van der Waals surface area contributed by atoms with Gasteiger partial charge < -0.3 is 12.4 Å². The van der Waals surface area contributed by atoms with E-state index in [4.69, 9.17) is 4.65 Å². The second-order valence-electron chi connectivity index (χ2n) is 1.03. The molecule has 0 aromatic carbocycles. The summed E-state index contributed by atoms with van der Waals surface area (Å²) in [7, 11) is 1.81. The molecule has 0 heterocycles. The van der Waals surface area contributed by atoms with Gasteiger partial charge in [-0.1, -0.05) is 0 Å². The molecule has 0 fully saturated rings. The first-order valence-electron chi connectivity index (χ1n) is 2.35. The Labute approximate surface area is 52.1 Å². The smallest absolute Gasteiger partial charge is 1.00 e. The van der Waals surface area contributed by atoms with E-state index in [-0.39, 0.29) is 12.4 Å². The SMILES string of the molecule is CC[B+]OCC.[Cl-]. The van der Waals surface area contributed by atoms with Crippen molar-refractivity contribution in [3.8, 4) is 0 Å². The van der Waals surface area contributed by atoms with Crippen LogP contribution in [0.25, 0.3) is 0 Å². The molecule has 0 unspecified atom stereocenters. The number of rotatable bonds is 3. The van der Waals surface area contributed by atoms with Gasteiger partial charge >= 0.3 is 38.9 Å². The van der Waals surface area contributed by atoms with Crippen LogP contribution in [0.4, 0.5) is 0 Å². The average Bonchev–Trinajstić information content (AvgIpc) is 1.61. The van der Waals surface area contributed by atoms with Crippen LogP contribution in [-0.4, -0.2) is 14.1 Å². The molecule has 0 spiro atoms. The van der Waals surface area contributed by atoms with Crippen LogP contribution in [0.15, 0.2) is 0 Å². The van der Waals surface area contributed by atoms with Crippen molar-refractivity contribution in [2.75, 3.05) is 6.61 Å². The van der Waals surface area contributed by atoms with Crippen molar-refractivity contribution in [1.82, 2.24) is 0 Å². The summed E-state index contributed by atoms with van der Waals surface area (Å²) in [5.41, 5.74) is 0. The number of hydrogen-bond donors (Lipinski definition) is 0. The normalized spacial score (nSPS) is 6.57. The molecular formula is C4H10BClO. The van der Waals surface area contributed by atoms with E-state index < -0.39 is 0 Å². The first-order chi connectivity index (χ1) is 2.91. The molecule has 0 aliphatic carbocycles. The third-order valence-electron chi connectivity index (χ3n) is 0.451. The molecule has 0 atom stereocenters. The maximum absolute atomic E-state index is 4.86. The second-order valence-corrected chi connectivity index (χ2v) is 1.03. The van der Waals surface area contributed by atoms with Gasteiger partial charge in [-0.25, -0.2) is 0 Å². The van der Waals surface area contributed by atoms with Gasteiger partial charge in [-0.3, -0.25) is 0 Å². The molecule has 3 heteroatoms. The maximum atomic E-state index is 4.86. The third kappa shape index (κ3) is 10.7. The zero-order chi connectivity index (χ0) is 4.83. The Balaban J connectivity index is 0. The van der Waals surface area contributed by atoms with Crippen molar-refractivity contribution in [3.63, 3.8) is 0 Å². The van der Waals surface area contributed by atoms with Crippen molar-refractivity contribution < 1.29 is 17.1 Å². The van der Waals surface area contributed by atoms with Crippen molar-refractivity contribution in [2.45, 2.75) is 20.2 Å². The van der Waals surface area contributed by atoms with Gasteiger partial charge in [0.1, 0.15) is 0 Å². The molecule has 7 heavy (non-hydrogen) atoms. The van der Waals surface area contributed by atoms with Gasteiger partial charge in [-0.15, -0.1) is 0 Å². The fraction of sp³-hybridized carbons (Fsp3) is 1.00. The standard InChI is InChI=1S/C4H10BO.ClH/c1-3-5-6-4-2;/h3-4H2,1-2H3;1H/q+1;/p-1. The van der Waals surface area contributed by atoms with Crippen molar-refractivity contribution in [3.05, 3.63) is 0 Å². The summed E-state index contributed by atoms with van der Waals surface area (Å²) in [5, 5.41) is 0. The van der Waals surface area contributed by atoms with E-state index in [2.05, 4.69) is 6.92 Å². The van der Waals surface area contributed by atoms with Crippen molar-refractivity contribution >= 4 is 7.48 Å². The third-order valence-corrected chi connectivity index (χ3v) is 0.451.